The first kappa shape index (κ1) is 14.3. The standard InChI is InChI=1S/C18H18F2N4/c19-18(20)5-4-14-15(11-2-3-12-9-21-10-13(12)8-11)22-17(23-16(14)18)24-6-1-7-24/h2-3,8,21H,1,4-7,9-10H2. The van der Waals surface area contributed by atoms with E-state index in [0.29, 0.717) is 23.6 Å². The topological polar surface area (TPSA) is 41.1 Å². The van der Waals surface area contributed by atoms with Gasteiger partial charge in [-0.05, 0) is 30.0 Å². The van der Waals surface area contributed by atoms with E-state index in [0.717, 1.165) is 38.2 Å². The fraction of sp³-hybridized carbons (Fsp3) is 0.444. The molecule has 3 aliphatic rings. The molecule has 5 rings (SSSR count). The molecular weight excluding hydrogens is 310 g/mol. The number of hydrogen-bond acceptors (Lipinski definition) is 4. The number of aromatic nitrogens is 2. The van der Waals surface area contributed by atoms with Crippen LogP contribution < -0.4 is 10.2 Å². The second-order valence-corrected chi connectivity index (χ2v) is 6.83. The molecule has 124 valence electrons. The summed E-state index contributed by atoms with van der Waals surface area (Å²) in [4.78, 5) is 10.9. The molecule has 0 saturated carbocycles. The van der Waals surface area contributed by atoms with E-state index in [1.807, 2.05) is 11.0 Å². The lowest BCUT2D eigenvalue weighted by molar-refractivity contribution is -0.00593. The molecule has 6 heteroatoms. The highest BCUT2D eigenvalue weighted by atomic mass is 19.3. The normalized spacial score (nSPS) is 20.7. The predicted molar refractivity (Wildman–Crippen MR) is 87.1 cm³/mol. The number of fused-ring (bicyclic) bond motifs is 2. The van der Waals surface area contributed by atoms with Crippen LogP contribution in [-0.4, -0.2) is 23.1 Å². The third kappa shape index (κ3) is 2.05. The van der Waals surface area contributed by atoms with E-state index in [9.17, 15) is 8.78 Å². The molecule has 0 amide bonds. The molecule has 3 heterocycles. The number of halogens is 2. The van der Waals surface area contributed by atoms with Crippen LogP contribution in [0.4, 0.5) is 14.7 Å². The van der Waals surface area contributed by atoms with Gasteiger partial charge in [0.25, 0.3) is 5.92 Å². The summed E-state index contributed by atoms with van der Waals surface area (Å²) in [5.74, 6) is -2.39. The Bertz CT molecular complexity index is 830. The summed E-state index contributed by atoms with van der Waals surface area (Å²) in [6.45, 7) is 3.38. The van der Waals surface area contributed by atoms with Crippen LogP contribution >= 0.6 is 0 Å². The van der Waals surface area contributed by atoms with Gasteiger partial charge in [-0.25, -0.2) is 9.97 Å². The summed E-state index contributed by atoms with van der Waals surface area (Å²) in [6, 6.07) is 6.18. The zero-order valence-electron chi connectivity index (χ0n) is 13.3. The molecular formula is C18H18F2N4. The lowest BCUT2D eigenvalue weighted by Crippen LogP contribution is -2.38. The maximum Gasteiger partial charge on any atom is 0.290 e. The van der Waals surface area contributed by atoms with E-state index in [4.69, 9.17) is 0 Å². The molecule has 1 aliphatic carbocycles. The predicted octanol–water partition coefficient (Wildman–Crippen LogP) is 2.99. The minimum absolute atomic E-state index is 0.0620. The monoisotopic (exact) mass is 328 g/mol. The summed E-state index contributed by atoms with van der Waals surface area (Å²) < 4.78 is 28.6. The van der Waals surface area contributed by atoms with Crippen molar-refractivity contribution in [2.75, 3.05) is 18.0 Å². The first-order valence-corrected chi connectivity index (χ1v) is 8.49. The summed E-state index contributed by atoms with van der Waals surface area (Å²) in [6.07, 6.45) is 1.24. The van der Waals surface area contributed by atoms with Crippen LogP contribution in [0.5, 0.6) is 0 Å². The second kappa shape index (κ2) is 4.96. The van der Waals surface area contributed by atoms with E-state index < -0.39 is 5.92 Å². The van der Waals surface area contributed by atoms with Gasteiger partial charge < -0.3 is 10.2 Å². The summed E-state index contributed by atoms with van der Waals surface area (Å²) in [5.41, 5.74) is 4.68. The highest BCUT2D eigenvalue weighted by Gasteiger charge is 2.43. The molecule has 2 aromatic rings. The molecule has 1 N–H and O–H groups in total. The molecule has 1 saturated heterocycles. The smallest absolute Gasteiger partial charge is 0.290 e. The number of nitrogens with zero attached hydrogens (tertiary/aromatic N) is 3. The third-order valence-electron chi connectivity index (χ3n) is 5.28. The maximum absolute atomic E-state index is 14.3. The molecule has 1 aromatic carbocycles. The van der Waals surface area contributed by atoms with Gasteiger partial charge in [0.2, 0.25) is 5.95 Å². The zero-order valence-corrected chi connectivity index (χ0v) is 13.3. The Labute approximate surface area is 138 Å². The Balaban J connectivity index is 1.68. The highest BCUT2D eigenvalue weighted by molar-refractivity contribution is 5.68. The summed E-state index contributed by atoms with van der Waals surface area (Å²) in [7, 11) is 0. The number of benzene rings is 1. The molecule has 1 aromatic heterocycles. The van der Waals surface area contributed by atoms with Gasteiger partial charge in [-0.3, -0.25) is 0 Å². The zero-order chi connectivity index (χ0) is 16.3. The van der Waals surface area contributed by atoms with Crippen molar-refractivity contribution < 1.29 is 8.78 Å². The van der Waals surface area contributed by atoms with Crippen molar-refractivity contribution in [1.29, 1.82) is 0 Å². The van der Waals surface area contributed by atoms with Crippen molar-refractivity contribution in [2.24, 2.45) is 0 Å². The number of alkyl halides is 2. The Morgan fingerprint density at radius 3 is 2.71 bits per heavy atom. The van der Waals surface area contributed by atoms with Crippen LogP contribution in [0.3, 0.4) is 0 Å². The van der Waals surface area contributed by atoms with E-state index in [1.165, 1.54) is 11.1 Å². The van der Waals surface area contributed by atoms with Gasteiger partial charge >= 0.3 is 0 Å². The second-order valence-electron chi connectivity index (χ2n) is 6.83. The van der Waals surface area contributed by atoms with Gasteiger partial charge in [0.1, 0.15) is 5.69 Å². The first-order valence-electron chi connectivity index (χ1n) is 8.49. The van der Waals surface area contributed by atoms with Gasteiger partial charge in [-0.1, -0.05) is 12.1 Å². The van der Waals surface area contributed by atoms with Crippen LogP contribution in [-0.2, 0) is 25.4 Å². The van der Waals surface area contributed by atoms with Gasteiger partial charge in [0.05, 0.1) is 5.69 Å². The highest BCUT2D eigenvalue weighted by Crippen LogP contribution is 2.44. The van der Waals surface area contributed by atoms with Gasteiger partial charge in [0.15, 0.2) is 0 Å². The average molecular weight is 328 g/mol. The van der Waals surface area contributed by atoms with Crippen LogP contribution in [0.2, 0.25) is 0 Å². The Morgan fingerprint density at radius 1 is 1.08 bits per heavy atom. The molecule has 0 atom stereocenters. The summed E-state index contributed by atoms with van der Waals surface area (Å²) >= 11 is 0. The van der Waals surface area contributed by atoms with Gasteiger partial charge in [-0.2, -0.15) is 8.78 Å². The maximum atomic E-state index is 14.3. The van der Waals surface area contributed by atoms with Crippen molar-refractivity contribution in [3.05, 3.63) is 40.6 Å². The minimum atomic E-state index is -2.84. The quantitative estimate of drug-likeness (QED) is 0.920. The molecule has 0 unspecified atom stereocenters. The number of hydrogen-bond donors (Lipinski definition) is 1. The van der Waals surface area contributed by atoms with E-state index in [2.05, 4.69) is 27.4 Å². The van der Waals surface area contributed by atoms with Gasteiger partial charge in [0, 0.05) is 43.7 Å². The van der Waals surface area contributed by atoms with Crippen LogP contribution in [0.1, 0.15) is 35.2 Å². The third-order valence-corrected chi connectivity index (χ3v) is 5.28. The van der Waals surface area contributed by atoms with Crippen LogP contribution in [0.15, 0.2) is 18.2 Å². The fourth-order valence-electron chi connectivity index (χ4n) is 3.75. The average Bonchev–Trinajstić information content (AvgIpc) is 3.09. The Morgan fingerprint density at radius 2 is 1.92 bits per heavy atom. The minimum Gasteiger partial charge on any atom is -0.341 e. The van der Waals surface area contributed by atoms with E-state index in [1.54, 1.807) is 0 Å². The van der Waals surface area contributed by atoms with Crippen LogP contribution in [0.25, 0.3) is 11.3 Å². The van der Waals surface area contributed by atoms with Crippen molar-refractivity contribution >= 4 is 5.95 Å². The number of nitrogens with one attached hydrogen (secondary N) is 1. The molecule has 2 aliphatic heterocycles. The van der Waals surface area contributed by atoms with Crippen molar-refractivity contribution in [2.45, 2.75) is 38.3 Å². The van der Waals surface area contributed by atoms with Crippen molar-refractivity contribution in [3.8, 4) is 11.3 Å². The SMILES string of the molecule is FC1(F)CCc2c(-c3ccc4c(c3)CNC4)nc(N3CCC3)nc21. The lowest BCUT2D eigenvalue weighted by Gasteiger charge is -2.31. The molecule has 1 fully saturated rings. The Hall–Kier alpha value is -2.08. The molecule has 0 radical (unpaired) electrons. The molecule has 0 bridgehead atoms. The fourth-order valence-corrected chi connectivity index (χ4v) is 3.75. The van der Waals surface area contributed by atoms with Gasteiger partial charge in [-0.15, -0.1) is 0 Å². The Kier molecular flexibility index (Phi) is 2.95. The molecule has 0 spiro atoms. The molecule has 4 nitrogen and oxygen atoms in total. The van der Waals surface area contributed by atoms with Crippen molar-refractivity contribution in [3.63, 3.8) is 0 Å². The first-order chi connectivity index (χ1) is 11.6. The number of anilines is 1. The van der Waals surface area contributed by atoms with E-state index in [-0.39, 0.29) is 12.1 Å². The number of rotatable bonds is 2. The largest absolute Gasteiger partial charge is 0.341 e. The van der Waals surface area contributed by atoms with Crippen molar-refractivity contribution in [1.82, 2.24) is 15.3 Å². The van der Waals surface area contributed by atoms with E-state index >= 15 is 0 Å². The van der Waals surface area contributed by atoms with Crippen LogP contribution in [0, 0.1) is 0 Å². The summed E-state index contributed by atoms with van der Waals surface area (Å²) in [5, 5.41) is 3.32. The molecule has 24 heavy (non-hydrogen) atoms. The lowest BCUT2D eigenvalue weighted by atomic mass is 10.0.